The molecule has 0 radical (unpaired) electrons. The van der Waals surface area contributed by atoms with E-state index in [2.05, 4.69) is 15.2 Å². The van der Waals surface area contributed by atoms with Crippen LogP contribution in [0.1, 0.15) is 66.0 Å². The fourth-order valence-corrected chi connectivity index (χ4v) is 6.99. The minimum absolute atomic E-state index is 0.0922. The van der Waals surface area contributed by atoms with E-state index in [1.54, 1.807) is 31.2 Å². The number of carbonyl (C=O) groups excluding carboxylic acids is 3. The number of ether oxygens (including phenoxy) is 4. The Bertz CT molecular complexity index is 1670. The van der Waals surface area contributed by atoms with Gasteiger partial charge in [-0.3, -0.25) is 18.9 Å². The van der Waals surface area contributed by atoms with E-state index in [1.807, 2.05) is 13.8 Å². The summed E-state index contributed by atoms with van der Waals surface area (Å²) in [6.45, 7) is 5.88. The maximum atomic E-state index is 15.6. The van der Waals surface area contributed by atoms with Crippen molar-refractivity contribution in [3.8, 4) is 5.75 Å². The van der Waals surface area contributed by atoms with E-state index < -0.39 is 68.9 Å². The Hall–Kier alpha value is -4.11. The maximum absolute atomic E-state index is 15.6. The Morgan fingerprint density at radius 2 is 1.80 bits per heavy atom. The second kappa shape index (κ2) is 16.7. The number of nitrogen functional groups attached to an aromatic ring is 1. The molecule has 0 aliphatic carbocycles. The van der Waals surface area contributed by atoms with E-state index in [-0.39, 0.29) is 42.6 Å². The number of fused-ring (bicyclic) bond motifs is 1. The molecule has 0 saturated carbocycles. The van der Waals surface area contributed by atoms with Crippen molar-refractivity contribution in [3.63, 3.8) is 0 Å². The molecule has 50 heavy (non-hydrogen) atoms. The summed E-state index contributed by atoms with van der Waals surface area (Å²) in [7, 11) is -4.56. The van der Waals surface area contributed by atoms with E-state index in [1.165, 1.54) is 42.9 Å². The van der Waals surface area contributed by atoms with Gasteiger partial charge in [0.25, 0.3) is 0 Å². The van der Waals surface area contributed by atoms with Gasteiger partial charge in [0.1, 0.15) is 30.3 Å². The van der Waals surface area contributed by atoms with Crippen LogP contribution in [0.3, 0.4) is 0 Å². The summed E-state index contributed by atoms with van der Waals surface area (Å²) in [6, 6.07) is 9.88. The summed E-state index contributed by atoms with van der Waals surface area (Å²) >= 11 is 0. The summed E-state index contributed by atoms with van der Waals surface area (Å²) in [5.74, 6) is -1.86. The molecule has 3 heterocycles. The number of halogens is 1. The first-order valence-electron chi connectivity index (χ1n) is 16.5. The normalized spacial score (nSPS) is 22.2. The molecule has 3 N–H and O–H groups in total. The van der Waals surface area contributed by atoms with Gasteiger partial charge in [0, 0.05) is 12.8 Å². The SMILES string of the molecule is CCC(=O)O[C@@H]1[C@@](CF)(CO[P@@](=O)(N[C@@H](C)C(=O)OCC(CC)CC)Oc2ccccc2)OC[C@@]1(OC(=O)CC)c1ccc2c(N)ncnn12. The lowest BCUT2D eigenvalue weighted by Gasteiger charge is -2.38. The first-order valence-corrected chi connectivity index (χ1v) is 18.1. The smallest absolute Gasteiger partial charge is 0.459 e. The fourth-order valence-electron chi connectivity index (χ4n) is 5.44. The highest BCUT2D eigenvalue weighted by atomic mass is 31.2. The second-order valence-corrected chi connectivity index (χ2v) is 13.6. The molecule has 1 aliphatic rings. The minimum atomic E-state index is -4.56. The summed E-state index contributed by atoms with van der Waals surface area (Å²) in [5, 5.41) is 6.83. The lowest BCUT2D eigenvalue weighted by atomic mass is 9.85. The third kappa shape index (κ3) is 8.43. The number of benzene rings is 1. The van der Waals surface area contributed by atoms with E-state index in [4.69, 9.17) is 33.7 Å². The lowest BCUT2D eigenvalue weighted by molar-refractivity contribution is -0.191. The number of anilines is 1. The molecule has 1 aliphatic heterocycles. The molecule has 1 saturated heterocycles. The molecular formula is C33H45FN5O10P. The van der Waals surface area contributed by atoms with Crippen molar-refractivity contribution in [3.05, 3.63) is 54.5 Å². The van der Waals surface area contributed by atoms with Crippen molar-refractivity contribution in [2.24, 2.45) is 5.92 Å². The monoisotopic (exact) mass is 721 g/mol. The van der Waals surface area contributed by atoms with Gasteiger partial charge >= 0.3 is 25.7 Å². The zero-order chi connectivity index (χ0) is 36.5. The van der Waals surface area contributed by atoms with Gasteiger partial charge < -0.3 is 29.2 Å². The molecule has 5 atom stereocenters. The van der Waals surface area contributed by atoms with Crippen LogP contribution in [-0.2, 0) is 48.0 Å². The predicted octanol–water partition coefficient (Wildman–Crippen LogP) is 4.68. The van der Waals surface area contributed by atoms with Crippen LogP contribution in [0.15, 0.2) is 48.8 Å². The Labute approximate surface area is 289 Å². The predicted molar refractivity (Wildman–Crippen MR) is 179 cm³/mol. The van der Waals surface area contributed by atoms with Gasteiger partial charge in [0.15, 0.2) is 17.5 Å². The van der Waals surface area contributed by atoms with Crippen molar-refractivity contribution in [1.82, 2.24) is 19.7 Å². The highest BCUT2D eigenvalue weighted by molar-refractivity contribution is 7.52. The first-order chi connectivity index (χ1) is 23.9. The van der Waals surface area contributed by atoms with Crippen LogP contribution in [0.2, 0.25) is 0 Å². The maximum Gasteiger partial charge on any atom is 0.459 e. The highest BCUT2D eigenvalue weighted by Gasteiger charge is 2.66. The van der Waals surface area contributed by atoms with Gasteiger partial charge in [-0.15, -0.1) is 0 Å². The highest BCUT2D eigenvalue weighted by Crippen LogP contribution is 2.51. The minimum Gasteiger partial charge on any atom is -0.464 e. The van der Waals surface area contributed by atoms with Crippen LogP contribution < -0.4 is 15.3 Å². The third-order valence-electron chi connectivity index (χ3n) is 8.51. The van der Waals surface area contributed by atoms with Crippen LogP contribution in [0, 0.1) is 5.92 Å². The van der Waals surface area contributed by atoms with E-state index in [9.17, 15) is 18.9 Å². The summed E-state index contributed by atoms with van der Waals surface area (Å²) in [4.78, 5) is 42.9. The molecule has 274 valence electrons. The number of hydrogen-bond donors (Lipinski definition) is 2. The molecule has 0 amide bonds. The lowest BCUT2D eigenvalue weighted by Crippen LogP contribution is -2.56. The van der Waals surface area contributed by atoms with Gasteiger partial charge in [0.05, 0.1) is 25.5 Å². The molecule has 4 rings (SSSR count). The largest absolute Gasteiger partial charge is 0.464 e. The molecule has 0 bridgehead atoms. The van der Waals surface area contributed by atoms with Crippen LogP contribution in [0.4, 0.5) is 10.2 Å². The van der Waals surface area contributed by atoms with Gasteiger partial charge in [-0.25, -0.2) is 18.5 Å². The number of esters is 3. The van der Waals surface area contributed by atoms with Gasteiger partial charge in [-0.2, -0.15) is 10.2 Å². The number of carbonyl (C=O) groups is 3. The Morgan fingerprint density at radius 1 is 1.10 bits per heavy atom. The summed E-state index contributed by atoms with van der Waals surface area (Å²) in [6.07, 6.45) is 0.849. The zero-order valence-electron chi connectivity index (χ0n) is 28.8. The summed E-state index contributed by atoms with van der Waals surface area (Å²) in [5.41, 5.74) is 2.34. The van der Waals surface area contributed by atoms with Gasteiger partial charge in [-0.1, -0.05) is 58.7 Å². The van der Waals surface area contributed by atoms with Crippen LogP contribution in [0.25, 0.3) is 5.52 Å². The van der Waals surface area contributed by atoms with Crippen LogP contribution >= 0.6 is 7.75 Å². The molecule has 0 unspecified atom stereocenters. The van der Waals surface area contributed by atoms with Crippen molar-refractivity contribution < 1.29 is 51.3 Å². The van der Waals surface area contributed by atoms with E-state index in [0.29, 0.717) is 5.52 Å². The molecule has 17 heteroatoms. The van der Waals surface area contributed by atoms with Gasteiger partial charge in [0.2, 0.25) is 5.60 Å². The molecule has 0 spiro atoms. The number of alkyl halides is 1. The Kier molecular flexibility index (Phi) is 12.9. The Balaban J connectivity index is 1.74. The third-order valence-corrected chi connectivity index (χ3v) is 10.1. The topological polar surface area (TPSA) is 192 Å². The molecule has 3 aromatic rings. The average Bonchev–Trinajstić information content (AvgIpc) is 3.69. The molecular weight excluding hydrogens is 676 g/mol. The zero-order valence-corrected chi connectivity index (χ0v) is 29.7. The molecule has 1 aromatic carbocycles. The van der Waals surface area contributed by atoms with E-state index in [0.717, 1.165) is 12.8 Å². The standard InChI is InChI=1S/C33H45FN5O10P/c1-6-23(7-2)17-44-30(42)22(5)38-50(43,49-24-13-11-10-12-14-24)46-19-32(18-34)31(47-27(40)8-3)33(20-45-32,48-28(41)9-4)26-16-15-25-29(35)36-21-37-39(25)26/h10-16,21-23,31H,6-9,17-20H2,1-5H3,(H,38,43)(H2,35,36,37)/t22-,31+,32+,33+,50-/m0/s1. The number of nitrogens with one attached hydrogen (secondary N) is 1. The second-order valence-electron chi connectivity index (χ2n) is 11.9. The van der Waals surface area contributed by atoms with Crippen molar-refractivity contribution in [2.45, 2.75) is 83.6 Å². The first kappa shape index (κ1) is 38.7. The number of nitrogens with two attached hydrogens (primary N) is 1. The molecule has 1 fully saturated rings. The number of para-hydroxylation sites is 1. The quantitative estimate of drug-likeness (QED) is 0.105. The van der Waals surface area contributed by atoms with Crippen LogP contribution in [0.5, 0.6) is 5.75 Å². The number of rotatable bonds is 18. The molecule has 2 aromatic heterocycles. The fraction of sp³-hybridized carbons (Fsp3) is 0.545. The average molecular weight is 722 g/mol. The van der Waals surface area contributed by atoms with Crippen molar-refractivity contribution in [1.29, 1.82) is 0 Å². The number of hydrogen-bond acceptors (Lipinski definition) is 13. The van der Waals surface area contributed by atoms with Crippen molar-refractivity contribution >= 4 is 37.0 Å². The number of aromatic nitrogens is 3. The van der Waals surface area contributed by atoms with Gasteiger partial charge in [-0.05, 0) is 37.1 Å². The Morgan fingerprint density at radius 3 is 2.44 bits per heavy atom. The number of nitrogens with zero attached hydrogens (tertiary/aromatic N) is 3. The van der Waals surface area contributed by atoms with Crippen molar-refractivity contribution in [2.75, 3.05) is 32.2 Å². The molecule has 15 nitrogen and oxygen atoms in total. The van der Waals surface area contributed by atoms with Crippen LogP contribution in [-0.4, -0.2) is 76.7 Å². The summed E-state index contributed by atoms with van der Waals surface area (Å²) < 4.78 is 66.2. The van der Waals surface area contributed by atoms with E-state index >= 15 is 4.39 Å².